The molecule has 2 saturated carbocycles. The lowest BCUT2D eigenvalue weighted by Crippen LogP contribution is -2.53. The molecule has 2 saturated heterocycles. The number of urea groups is 1. The van der Waals surface area contributed by atoms with Gasteiger partial charge in [0.05, 0.1) is 0 Å². The van der Waals surface area contributed by atoms with Crippen molar-refractivity contribution >= 4 is 23.5 Å². The molecule has 0 bridgehead atoms. The number of amides is 4. The first-order chi connectivity index (χ1) is 14.0. The van der Waals surface area contributed by atoms with Gasteiger partial charge >= 0.3 is 6.03 Å². The summed E-state index contributed by atoms with van der Waals surface area (Å²) in [7, 11) is 0. The molecule has 2 aliphatic carbocycles. The van der Waals surface area contributed by atoms with E-state index in [2.05, 4.69) is 10.2 Å². The first kappa shape index (κ1) is 18.4. The highest BCUT2D eigenvalue weighted by Gasteiger charge is 2.65. The lowest BCUT2D eigenvalue weighted by atomic mass is 9.87. The number of piperazine rings is 1. The van der Waals surface area contributed by atoms with Crippen molar-refractivity contribution in [3.05, 3.63) is 30.1 Å². The summed E-state index contributed by atoms with van der Waals surface area (Å²) in [5.74, 6) is -0.221. The average Bonchev–Trinajstić information content (AvgIpc) is 3.63. The largest absolute Gasteiger partial charge is 0.368 e. The van der Waals surface area contributed by atoms with E-state index in [4.69, 9.17) is 0 Å². The van der Waals surface area contributed by atoms with Crippen LogP contribution in [0.1, 0.15) is 25.7 Å². The molecule has 1 aromatic carbocycles. The molecule has 2 heterocycles. The van der Waals surface area contributed by atoms with Crippen LogP contribution in [-0.4, -0.2) is 65.9 Å². The molecule has 1 N–H and O–H groups in total. The van der Waals surface area contributed by atoms with E-state index in [9.17, 15) is 18.8 Å². The highest BCUT2D eigenvalue weighted by molar-refractivity contribution is 6.09. The summed E-state index contributed by atoms with van der Waals surface area (Å²) >= 11 is 0. The Bertz CT molecular complexity index is 830. The van der Waals surface area contributed by atoms with E-state index in [0.29, 0.717) is 26.2 Å². The van der Waals surface area contributed by atoms with Crippen LogP contribution >= 0.6 is 0 Å². The number of halogens is 1. The summed E-state index contributed by atoms with van der Waals surface area (Å²) in [4.78, 5) is 43.4. The molecule has 0 atom stereocenters. The number of benzene rings is 1. The first-order valence-corrected chi connectivity index (χ1v) is 10.4. The molecular weight excluding hydrogens is 375 g/mol. The van der Waals surface area contributed by atoms with Crippen molar-refractivity contribution in [1.29, 1.82) is 0 Å². The molecule has 29 heavy (non-hydrogen) atoms. The van der Waals surface area contributed by atoms with Crippen LogP contribution in [-0.2, 0) is 9.59 Å². The van der Waals surface area contributed by atoms with Crippen LogP contribution in [0.15, 0.2) is 24.3 Å². The SMILES string of the molecule is O=C(CN1C(=O)NC(C2CC2)(C2CC2)C1=O)N1CCN(c2ccc(F)cc2)CC1. The second kappa shape index (κ2) is 6.71. The van der Waals surface area contributed by atoms with Gasteiger partial charge in [-0.15, -0.1) is 0 Å². The summed E-state index contributed by atoms with van der Waals surface area (Å²) in [6, 6.07) is 5.89. The van der Waals surface area contributed by atoms with Gasteiger partial charge in [0, 0.05) is 31.9 Å². The molecule has 2 aliphatic heterocycles. The van der Waals surface area contributed by atoms with Crippen LogP contribution in [0, 0.1) is 17.7 Å². The third-order valence-corrected chi connectivity index (χ3v) is 6.72. The van der Waals surface area contributed by atoms with Crippen molar-refractivity contribution in [2.75, 3.05) is 37.6 Å². The Balaban J connectivity index is 1.20. The fourth-order valence-electron chi connectivity index (χ4n) is 4.82. The van der Waals surface area contributed by atoms with Gasteiger partial charge < -0.3 is 15.1 Å². The zero-order valence-electron chi connectivity index (χ0n) is 16.3. The van der Waals surface area contributed by atoms with Crippen molar-refractivity contribution in [2.45, 2.75) is 31.2 Å². The van der Waals surface area contributed by atoms with E-state index in [-0.39, 0.29) is 36.0 Å². The molecular formula is C21H25FN4O3. The number of carbonyl (C=O) groups excluding carboxylic acids is 3. The minimum absolute atomic E-state index is 0.192. The number of nitrogens with one attached hydrogen (secondary N) is 1. The van der Waals surface area contributed by atoms with E-state index < -0.39 is 11.6 Å². The lowest BCUT2D eigenvalue weighted by Gasteiger charge is -2.36. The Kier molecular flexibility index (Phi) is 4.26. The number of hydrogen-bond acceptors (Lipinski definition) is 4. The number of carbonyl (C=O) groups is 3. The summed E-state index contributed by atoms with van der Waals surface area (Å²) in [5.41, 5.74) is 0.171. The van der Waals surface area contributed by atoms with Crippen LogP contribution in [0.3, 0.4) is 0 Å². The zero-order valence-corrected chi connectivity index (χ0v) is 16.3. The molecule has 5 rings (SSSR count). The Hall–Kier alpha value is -2.64. The van der Waals surface area contributed by atoms with Gasteiger partial charge in [-0.05, 0) is 61.8 Å². The molecule has 0 aromatic heterocycles. The first-order valence-electron chi connectivity index (χ1n) is 10.4. The third-order valence-electron chi connectivity index (χ3n) is 6.72. The van der Waals surface area contributed by atoms with E-state index in [1.165, 1.54) is 12.1 Å². The fourth-order valence-corrected chi connectivity index (χ4v) is 4.82. The Morgan fingerprint density at radius 1 is 1.00 bits per heavy atom. The molecule has 0 radical (unpaired) electrons. The second-order valence-electron chi connectivity index (χ2n) is 8.58. The molecule has 7 nitrogen and oxygen atoms in total. The van der Waals surface area contributed by atoms with Crippen LogP contribution in [0.25, 0.3) is 0 Å². The van der Waals surface area contributed by atoms with E-state index >= 15 is 0 Å². The van der Waals surface area contributed by atoms with Gasteiger partial charge in [0.1, 0.15) is 17.9 Å². The van der Waals surface area contributed by atoms with Gasteiger partial charge in [0.25, 0.3) is 5.91 Å². The van der Waals surface area contributed by atoms with Crippen LogP contribution in [0.2, 0.25) is 0 Å². The molecule has 0 spiro atoms. The van der Waals surface area contributed by atoms with Gasteiger partial charge in [-0.1, -0.05) is 0 Å². The maximum absolute atomic E-state index is 13.1. The molecule has 4 aliphatic rings. The van der Waals surface area contributed by atoms with Gasteiger partial charge in [-0.25, -0.2) is 9.18 Å². The quantitative estimate of drug-likeness (QED) is 0.762. The lowest BCUT2D eigenvalue weighted by molar-refractivity contribution is -0.140. The van der Waals surface area contributed by atoms with Crippen LogP contribution < -0.4 is 10.2 Å². The zero-order chi connectivity index (χ0) is 20.2. The molecule has 8 heteroatoms. The number of nitrogens with zero attached hydrogens (tertiary/aromatic N) is 3. The topological polar surface area (TPSA) is 73.0 Å². The number of anilines is 1. The normalized spacial score (nSPS) is 24.1. The van der Waals surface area contributed by atoms with Crippen molar-refractivity contribution < 1.29 is 18.8 Å². The minimum Gasteiger partial charge on any atom is -0.368 e. The second-order valence-corrected chi connectivity index (χ2v) is 8.58. The highest BCUT2D eigenvalue weighted by Crippen LogP contribution is 2.54. The molecule has 0 unspecified atom stereocenters. The molecule has 154 valence electrons. The fraction of sp³-hybridized carbons (Fsp3) is 0.571. The van der Waals surface area contributed by atoms with Crippen molar-refractivity contribution in [2.24, 2.45) is 11.8 Å². The standard InChI is InChI=1S/C21H25FN4O3/c22-16-5-7-17(8-6-16)24-9-11-25(12-10-24)18(27)13-26-19(28)21(14-1-2-14,15-3-4-15)23-20(26)29/h5-8,14-15H,1-4,9-13H2,(H,23,29). The molecule has 4 fully saturated rings. The average molecular weight is 400 g/mol. The molecule has 4 amide bonds. The molecule has 1 aromatic rings. The number of imide groups is 1. The smallest absolute Gasteiger partial charge is 0.325 e. The minimum atomic E-state index is -0.751. The van der Waals surface area contributed by atoms with Crippen molar-refractivity contribution in [3.63, 3.8) is 0 Å². The predicted molar refractivity (Wildman–Crippen MR) is 104 cm³/mol. The monoisotopic (exact) mass is 400 g/mol. The van der Waals surface area contributed by atoms with Crippen molar-refractivity contribution in [1.82, 2.24) is 15.1 Å². The van der Waals surface area contributed by atoms with Gasteiger partial charge in [0.15, 0.2) is 0 Å². The van der Waals surface area contributed by atoms with Crippen LogP contribution in [0.5, 0.6) is 0 Å². The third kappa shape index (κ3) is 3.14. The maximum atomic E-state index is 13.1. The van der Waals surface area contributed by atoms with Gasteiger partial charge in [-0.2, -0.15) is 0 Å². The summed E-state index contributed by atoms with van der Waals surface area (Å²) in [6.07, 6.45) is 3.87. The highest BCUT2D eigenvalue weighted by atomic mass is 19.1. The predicted octanol–water partition coefficient (Wildman–Crippen LogP) is 1.58. The van der Waals surface area contributed by atoms with Gasteiger partial charge in [0.2, 0.25) is 5.91 Å². The van der Waals surface area contributed by atoms with E-state index in [1.54, 1.807) is 17.0 Å². The van der Waals surface area contributed by atoms with Crippen molar-refractivity contribution in [3.8, 4) is 0 Å². The van der Waals surface area contributed by atoms with E-state index in [0.717, 1.165) is 36.3 Å². The van der Waals surface area contributed by atoms with E-state index in [1.807, 2.05) is 0 Å². The Morgan fingerprint density at radius 3 is 2.14 bits per heavy atom. The summed E-state index contributed by atoms with van der Waals surface area (Å²) in [6.45, 7) is 2.09. The summed E-state index contributed by atoms with van der Waals surface area (Å²) < 4.78 is 13.1. The number of rotatable bonds is 5. The van der Waals surface area contributed by atoms with Crippen LogP contribution in [0.4, 0.5) is 14.9 Å². The Labute approximate surface area is 168 Å². The van der Waals surface area contributed by atoms with Gasteiger partial charge in [-0.3, -0.25) is 14.5 Å². The summed E-state index contributed by atoms with van der Waals surface area (Å²) in [5, 5.41) is 2.96. The number of hydrogen-bond donors (Lipinski definition) is 1. The maximum Gasteiger partial charge on any atom is 0.325 e. The Morgan fingerprint density at radius 2 is 1.59 bits per heavy atom.